The van der Waals surface area contributed by atoms with Crippen LogP contribution in [0.25, 0.3) is 11.3 Å². The summed E-state index contributed by atoms with van der Waals surface area (Å²) in [5.74, 6) is 0.847. The molecule has 0 radical (unpaired) electrons. The second-order valence-corrected chi connectivity index (χ2v) is 7.95. The molecule has 3 aromatic rings. The molecule has 9 heteroatoms. The van der Waals surface area contributed by atoms with Gasteiger partial charge in [-0.2, -0.15) is 0 Å². The second kappa shape index (κ2) is 9.41. The van der Waals surface area contributed by atoms with E-state index in [1.54, 1.807) is 24.4 Å². The van der Waals surface area contributed by atoms with Crippen LogP contribution in [0.4, 0.5) is 11.4 Å². The Balaban J connectivity index is 1.30. The predicted molar refractivity (Wildman–Crippen MR) is 121 cm³/mol. The van der Waals surface area contributed by atoms with Gasteiger partial charge in [-0.25, -0.2) is 4.98 Å². The van der Waals surface area contributed by atoms with E-state index in [4.69, 9.17) is 27.6 Å². The number of rotatable bonds is 6. The van der Waals surface area contributed by atoms with E-state index < -0.39 is 0 Å². The number of amides is 2. The Bertz CT molecular complexity index is 1100. The van der Waals surface area contributed by atoms with Crippen molar-refractivity contribution in [2.24, 2.45) is 0 Å². The van der Waals surface area contributed by atoms with Gasteiger partial charge in [-0.15, -0.1) is 0 Å². The molecule has 1 aliphatic heterocycles. The molecule has 1 saturated heterocycles. The molecule has 0 aliphatic carbocycles. The van der Waals surface area contributed by atoms with Gasteiger partial charge in [0.15, 0.2) is 11.7 Å². The van der Waals surface area contributed by atoms with Crippen LogP contribution in [0.3, 0.4) is 0 Å². The largest absolute Gasteiger partial charge is 0.441 e. The summed E-state index contributed by atoms with van der Waals surface area (Å²) >= 11 is 12.1. The fourth-order valence-electron chi connectivity index (χ4n) is 3.30. The summed E-state index contributed by atoms with van der Waals surface area (Å²) < 4.78 is 5.73. The summed E-state index contributed by atoms with van der Waals surface area (Å²) in [6.45, 7) is 1.73. The lowest BCUT2D eigenvalue weighted by atomic mass is 10.2. The molecule has 0 saturated carbocycles. The smallest absolute Gasteiger partial charge is 0.239 e. The molecule has 2 amide bonds. The number of hydrogen-bond acceptors (Lipinski definition) is 5. The van der Waals surface area contributed by atoms with Crippen molar-refractivity contribution in [3.8, 4) is 11.3 Å². The van der Waals surface area contributed by atoms with Gasteiger partial charge in [-0.1, -0.05) is 23.2 Å². The predicted octanol–water partition coefficient (Wildman–Crippen LogP) is 4.16. The molecule has 0 bridgehead atoms. The van der Waals surface area contributed by atoms with E-state index in [-0.39, 0.29) is 18.2 Å². The van der Waals surface area contributed by atoms with Crippen LogP contribution in [0.1, 0.15) is 12.3 Å². The molecule has 0 spiro atoms. The third-order valence-electron chi connectivity index (χ3n) is 4.87. The molecule has 2 heterocycles. The lowest BCUT2D eigenvalue weighted by Gasteiger charge is -2.28. The van der Waals surface area contributed by atoms with E-state index in [2.05, 4.69) is 15.6 Å². The number of aromatic nitrogens is 1. The lowest BCUT2D eigenvalue weighted by molar-refractivity contribution is -0.120. The summed E-state index contributed by atoms with van der Waals surface area (Å²) in [5, 5.41) is 6.68. The van der Waals surface area contributed by atoms with Crippen LogP contribution in [-0.2, 0) is 16.0 Å². The lowest BCUT2D eigenvalue weighted by Crippen LogP contribution is -2.47. The fourth-order valence-corrected chi connectivity index (χ4v) is 3.80. The Morgan fingerprint density at radius 2 is 2.00 bits per heavy atom. The maximum absolute atomic E-state index is 12.3. The van der Waals surface area contributed by atoms with Gasteiger partial charge < -0.3 is 20.0 Å². The summed E-state index contributed by atoms with van der Waals surface area (Å²) in [5.41, 5.74) is 2.33. The minimum Gasteiger partial charge on any atom is -0.441 e. The summed E-state index contributed by atoms with van der Waals surface area (Å²) in [6, 6.07) is 12.6. The molecule has 4 rings (SSSR count). The first kappa shape index (κ1) is 21.2. The van der Waals surface area contributed by atoms with Crippen molar-refractivity contribution < 1.29 is 14.0 Å². The van der Waals surface area contributed by atoms with Crippen molar-refractivity contribution in [1.29, 1.82) is 0 Å². The monoisotopic (exact) mass is 458 g/mol. The van der Waals surface area contributed by atoms with E-state index in [9.17, 15) is 9.59 Å². The molecule has 2 aromatic carbocycles. The van der Waals surface area contributed by atoms with E-state index >= 15 is 0 Å². The van der Waals surface area contributed by atoms with E-state index in [0.29, 0.717) is 52.5 Å². The first-order valence-corrected chi connectivity index (χ1v) is 10.6. The third kappa shape index (κ3) is 5.37. The number of nitrogens with zero attached hydrogens (tertiary/aromatic N) is 2. The number of nitrogens with one attached hydrogen (secondary N) is 2. The van der Waals surface area contributed by atoms with Crippen LogP contribution in [0.2, 0.25) is 10.0 Å². The third-order valence-corrected chi connectivity index (χ3v) is 5.42. The first-order chi connectivity index (χ1) is 15.0. The molecular formula is C22H20Cl2N4O3. The van der Waals surface area contributed by atoms with Gasteiger partial charge in [-0.05, 0) is 42.5 Å². The Morgan fingerprint density at radius 1 is 1.19 bits per heavy atom. The number of benzene rings is 2. The van der Waals surface area contributed by atoms with Crippen LogP contribution in [0.5, 0.6) is 0 Å². The van der Waals surface area contributed by atoms with E-state index in [0.717, 1.165) is 12.2 Å². The fraction of sp³-hybridized carbons (Fsp3) is 0.227. The van der Waals surface area contributed by atoms with Crippen LogP contribution in [-0.4, -0.2) is 36.4 Å². The van der Waals surface area contributed by atoms with Crippen molar-refractivity contribution in [3.05, 3.63) is 64.6 Å². The molecule has 2 N–H and O–H groups in total. The number of aryl methyl sites for hydroxylation is 1. The molecule has 1 aromatic heterocycles. The molecule has 31 heavy (non-hydrogen) atoms. The normalized spacial score (nSPS) is 13.7. The minimum atomic E-state index is -0.144. The van der Waals surface area contributed by atoms with Crippen LogP contribution < -0.4 is 15.5 Å². The Labute approximate surface area is 189 Å². The maximum Gasteiger partial charge on any atom is 0.239 e. The highest BCUT2D eigenvalue weighted by Crippen LogP contribution is 2.31. The SMILES string of the molecule is O=C1CN(c2ccc(NC(=O)CCc3ncc(-c4ccc(Cl)cc4Cl)o3)cc2)CCN1. The van der Waals surface area contributed by atoms with Gasteiger partial charge in [0.1, 0.15) is 0 Å². The van der Waals surface area contributed by atoms with E-state index in [1.165, 1.54) is 0 Å². The second-order valence-electron chi connectivity index (χ2n) is 7.11. The van der Waals surface area contributed by atoms with Crippen molar-refractivity contribution in [1.82, 2.24) is 10.3 Å². The summed E-state index contributed by atoms with van der Waals surface area (Å²) in [7, 11) is 0. The number of hydrogen-bond donors (Lipinski definition) is 2. The average Bonchev–Trinajstić information content (AvgIpc) is 3.21. The summed E-state index contributed by atoms with van der Waals surface area (Å²) in [6.07, 6.45) is 2.17. The highest BCUT2D eigenvalue weighted by atomic mass is 35.5. The highest BCUT2D eigenvalue weighted by molar-refractivity contribution is 6.36. The number of oxazole rings is 1. The van der Waals surface area contributed by atoms with Crippen LogP contribution >= 0.6 is 23.2 Å². The molecule has 1 fully saturated rings. The van der Waals surface area contributed by atoms with Crippen molar-refractivity contribution in [2.75, 3.05) is 29.9 Å². The van der Waals surface area contributed by atoms with Gasteiger partial charge in [0.2, 0.25) is 11.8 Å². The zero-order chi connectivity index (χ0) is 21.8. The topological polar surface area (TPSA) is 87.5 Å². The highest BCUT2D eigenvalue weighted by Gasteiger charge is 2.16. The van der Waals surface area contributed by atoms with Crippen molar-refractivity contribution >= 4 is 46.4 Å². The van der Waals surface area contributed by atoms with Gasteiger partial charge in [0.25, 0.3) is 0 Å². The quantitative estimate of drug-likeness (QED) is 0.578. The van der Waals surface area contributed by atoms with Crippen molar-refractivity contribution in [2.45, 2.75) is 12.8 Å². The van der Waals surface area contributed by atoms with Crippen LogP contribution in [0, 0.1) is 0 Å². The Kier molecular flexibility index (Phi) is 6.44. The van der Waals surface area contributed by atoms with Gasteiger partial charge in [-0.3, -0.25) is 9.59 Å². The maximum atomic E-state index is 12.3. The van der Waals surface area contributed by atoms with Crippen molar-refractivity contribution in [3.63, 3.8) is 0 Å². The number of piperazine rings is 1. The molecule has 1 aliphatic rings. The number of anilines is 2. The Morgan fingerprint density at radius 3 is 2.74 bits per heavy atom. The minimum absolute atomic E-state index is 0.0108. The molecule has 7 nitrogen and oxygen atoms in total. The first-order valence-electron chi connectivity index (χ1n) is 9.79. The number of halogens is 2. The zero-order valence-corrected chi connectivity index (χ0v) is 18.0. The average molecular weight is 459 g/mol. The number of carbonyl (C=O) groups is 2. The standard InChI is InChI=1S/C22H20Cl2N4O3/c23-14-1-6-17(18(24)11-14)19-12-26-22(31-19)8-7-20(29)27-15-2-4-16(5-3-15)28-10-9-25-21(30)13-28/h1-6,11-12H,7-10,13H2,(H,25,30)(H,27,29). The number of carbonyl (C=O) groups excluding carboxylic acids is 2. The van der Waals surface area contributed by atoms with Gasteiger partial charge in [0.05, 0.1) is 17.8 Å². The van der Waals surface area contributed by atoms with Crippen LogP contribution in [0.15, 0.2) is 53.1 Å². The summed E-state index contributed by atoms with van der Waals surface area (Å²) in [4.78, 5) is 30.1. The molecule has 160 valence electrons. The molecule has 0 atom stereocenters. The van der Waals surface area contributed by atoms with E-state index in [1.807, 2.05) is 29.2 Å². The van der Waals surface area contributed by atoms with Gasteiger partial charge >= 0.3 is 0 Å². The Hall–Kier alpha value is -3.03. The molecular weight excluding hydrogens is 439 g/mol. The molecule has 0 unspecified atom stereocenters. The van der Waals surface area contributed by atoms with Gasteiger partial charge in [0, 0.05) is 47.9 Å². The zero-order valence-electron chi connectivity index (χ0n) is 16.5.